The number of hydrogen-bond donors (Lipinski definition) is 3. The molecule has 1 unspecified atom stereocenters. The molecule has 1 aromatic rings. The molecule has 0 heterocycles. The minimum absolute atomic E-state index is 0. The van der Waals surface area contributed by atoms with Crippen LogP contribution >= 0.6 is 24.8 Å². The number of nitrogens with two attached hydrogens (primary N) is 1. The molecule has 0 aromatic heterocycles. The van der Waals surface area contributed by atoms with Crippen LogP contribution in [0.25, 0.3) is 0 Å². The van der Waals surface area contributed by atoms with E-state index in [1.54, 1.807) is 7.11 Å². The number of anilines is 1. The van der Waals surface area contributed by atoms with Gasteiger partial charge in [-0.3, -0.25) is 4.79 Å². The smallest absolute Gasteiger partial charge is 0.239 e. The lowest BCUT2D eigenvalue weighted by atomic mass is 10.0. The molecule has 0 aliphatic heterocycles. The van der Waals surface area contributed by atoms with Crippen LogP contribution in [0.1, 0.15) is 20.3 Å². The van der Waals surface area contributed by atoms with Crippen molar-refractivity contribution in [3.05, 3.63) is 24.3 Å². The van der Waals surface area contributed by atoms with Gasteiger partial charge in [0.25, 0.3) is 0 Å². The highest BCUT2D eigenvalue weighted by Crippen LogP contribution is 2.22. The van der Waals surface area contributed by atoms with Crippen LogP contribution in [0.4, 0.5) is 5.69 Å². The second kappa shape index (κ2) is 12.4. The number of hydrogen-bond acceptors (Lipinski definition) is 4. The van der Waals surface area contributed by atoms with Gasteiger partial charge in [-0.1, -0.05) is 26.0 Å². The molecule has 0 fully saturated rings. The number of para-hydroxylation sites is 2. The first-order valence-corrected chi connectivity index (χ1v) is 6.93. The fourth-order valence-corrected chi connectivity index (χ4v) is 2.03. The molecule has 0 bridgehead atoms. The minimum atomic E-state index is -0.0630. The van der Waals surface area contributed by atoms with Gasteiger partial charge in [0.15, 0.2) is 0 Å². The first-order chi connectivity index (χ1) is 9.56. The topological polar surface area (TPSA) is 76.4 Å². The highest BCUT2D eigenvalue weighted by molar-refractivity contribution is 5.85. The SMILES string of the molecule is COc1ccccc1NCC(=O)NC(CN)CC(C)C.Cl.Cl. The minimum Gasteiger partial charge on any atom is -0.495 e. The summed E-state index contributed by atoms with van der Waals surface area (Å²) in [6, 6.07) is 7.53. The van der Waals surface area contributed by atoms with Gasteiger partial charge < -0.3 is 21.1 Å². The van der Waals surface area contributed by atoms with Gasteiger partial charge >= 0.3 is 0 Å². The average Bonchev–Trinajstić information content (AvgIpc) is 2.44. The van der Waals surface area contributed by atoms with Crippen LogP contribution in [0.5, 0.6) is 5.75 Å². The maximum absolute atomic E-state index is 11.9. The Hall–Kier alpha value is -1.17. The number of amides is 1. The lowest BCUT2D eigenvalue weighted by Gasteiger charge is -2.19. The Balaban J connectivity index is 0. The number of rotatable bonds is 8. The van der Waals surface area contributed by atoms with Crippen molar-refractivity contribution in [2.75, 3.05) is 25.5 Å². The van der Waals surface area contributed by atoms with Gasteiger partial charge in [0.1, 0.15) is 5.75 Å². The maximum Gasteiger partial charge on any atom is 0.239 e. The molecule has 0 saturated heterocycles. The molecular weight excluding hydrogens is 325 g/mol. The van der Waals surface area contributed by atoms with Gasteiger partial charge in [-0.15, -0.1) is 24.8 Å². The molecule has 0 aliphatic rings. The van der Waals surface area contributed by atoms with Crippen molar-refractivity contribution in [1.82, 2.24) is 5.32 Å². The molecule has 5 nitrogen and oxygen atoms in total. The Labute approximate surface area is 145 Å². The van der Waals surface area contributed by atoms with Crippen molar-refractivity contribution in [1.29, 1.82) is 0 Å². The van der Waals surface area contributed by atoms with E-state index in [-0.39, 0.29) is 43.3 Å². The van der Waals surface area contributed by atoms with E-state index in [1.807, 2.05) is 24.3 Å². The summed E-state index contributed by atoms with van der Waals surface area (Å²) in [6.45, 7) is 4.89. The lowest BCUT2D eigenvalue weighted by molar-refractivity contribution is -0.120. The van der Waals surface area contributed by atoms with Crippen molar-refractivity contribution >= 4 is 36.4 Å². The van der Waals surface area contributed by atoms with Crippen molar-refractivity contribution in [3.63, 3.8) is 0 Å². The zero-order valence-electron chi connectivity index (χ0n) is 13.3. The molecule has 1 aromatic carbocycles. The lowest BCUT2D eigenvalue weighted by Crippen LogP contribution is -2.43. The molecule has 0 spiro atoms. The summed E-state index contributed by atoms with van der Waals surface area (Å²) in [7, 11) is 1.60. The van der Waals surface area contributed by atoms with Gasteiger partial charge in [0.2, 0.25) is 5.91 Å². The average molecular weight is 352 g/mol. The highest BCUT2D eigenvalue weighted by Gasteiger charge is 2.12. The van der Waals surface area contributed by atoms with E-state index in [4.69, 9.17) is 10.5 Å². The first kappa shape index (κ1) is 23.1. The summed E-state index contributed by atoms with van der Waals surface area (Å²) in [5.41, 5.74) is 6.47. The number of ether oxygens (including phenoxy) is 1. The summed E-state index contributed by atoms with van der Waals surface area (Å²) >= 11 is 0. The Bertz CT molecular complexity index is 431. The van der Waals surface area contributed by atoms with E-state index in [9.17, 15) is 4.79 Å². The van der Waals surface area contributed by atoms with Crippen molar-refractivity contribution in [3.8, 4) is 5.75 Å². The highest BCUT2D eigenvalue weighted by atomic mass is 35.5. The molecule has 1 rings (SSSR count). The molecule has 0 saturated carbocycles. The van der Waals surface area contributed by atoms with Crippen LogP contribution in [-0.4, -0.2) is 32.1 Å². The van der Waals surface area contributed by atoms with E-state index >= 15 is 0 Å². The van der Waals surface area contributed by atoms with Crippen LogP contribution in [0.2, 0.25) is 0 Å². The summed E-state index contributed by atoms with van der Waals surface area (Å²) in [5.74, 6) is 1.16. The number of carbonyl (C=O) groups excluding carboxylic acids is 1. The number of halogens is 2. The molecule has 0 aliphatic carbocycles. The third-order valence-corrected chi connectivity index (χ3v) is 2.95. The zero-order chi connectivity index (χ0) is 15.0. The second-order valence-corrected chi connectivity index (χ2v) is 5.18. The maximum atomic E-state index is 11.9. The number of nitrogens with one attached hydrogen (secondary N) is 2. The Morgan fingerprint density at radius 2 is 1.91 bits per heavy atom. The van der Waals surface area contributed by atoms with E-state index in [1.165, 1.54) is 0 Å². The fourth-order valence-electron chi connectivity index (χ4n) is 2.03. The number of carbonyl (C=O) groups is 1. The van der Waals surface area contributed by atoms with Crippen LogP contribution in [0.3, 0.4) is 0 Å². The molecule has 22 heavy (non-hydrogen) atoms. The number of methoxy groups -OCH3 is 1. The third-order valence-electron chi connectivity index (χ3n) is 2.95. The van der Waals surface area contributed by atoms with Crippen molar-refractivity contribution < 1.29 is 9.53 Å². The molecule has 128 valence electrons. The summed E-state index contributed by atoms with van der Waals surface area (Å²) in [4.78, 5) is 11.9. The predicted octanol–water partition coefficient (Wildman–Crippen LogP) is 2.44. The van der Waals surface area contributed by atoms with Crippen LogP contribution < -0.4 is 21.1 Å². The van der Waals surface area contributed by atoms with E-state index < -0.39 is 0 Å². The quantitative estimate of drug-likeness (QED) is 0.672. The summed E-state index contributed by atoms with van der Waals surface area (Å²) < 4.78 is 5.22. The fraction of sp³-hybridized carbons (Fsp3) is 0.533. The van der Waals surface area contributed by atoms with E-state index in [0.29, 0.717) is 12.5 Å². The molecule has 4 N–H and O–H groups in total. The summed E-state index contributed by atoms with van der Waals surface area (Å²) in [6.07, 6.45) is 0.886. The Morgan fingerprint density at radius 3 is 2.45 bits per heavy atom. The second-order valence-electron chi connectivity index (χ2n) is 5.18. The van der Waals surface area contributed by atoms with Crippen molar-refractivity contribution in [2.45, 2.75) is 26.3 Å². The Morgan fingerprint density at radius 1 is 1.27 bits per heavy atom. The molecule has 1 atom stereocenters. The third kappa shape index (κ3) is 8.32. The summed E-state index contributed by atoms with van der Waals surface area (Å²) in [5, 5.41) is 6.01. The normalized spacial score (nSPS) is 11.0. The number of benzene rings is 1. The monoisotopic (exact) mass is 351 g/mol. The molecule has 0 radical (unpaired) electrons. The van der Waals surface area contributed by atoms with Gasteiger partial charge in [-0.25, -0.2) is 0 Å². The van der Waals surface area contributed by atoms with Crippen molar-refractivity contribution in [2.24, 2.45) is 11.7 Å². The van der Waals surface area contributed by atoms with Crippen LogP contribution in [-0.2, 0) is 4.79 Å². The predicted molar refractivity (Wildman–Crippen MR) is 96.4 cm³/mol. The van der Waals surface area contributed by atoms with Gasteiger partial charge in [-0.05, 0) is 24.5 Å². The van der Waals surface area contributed by atoms with Crippen LogP contribution in [0.15, 0.2) is 24.3 Å². The van der Waals surface area contributed by atoms with E-state index in [0.717, 1.165) is 17.9 Å². The molecular formula is C15H27Cl2N3O2. The van der Waals surface area contributed by atoms with Gasteiger partial charge in [0.05, 0.1) is 19.3 Å². The Kier molecular flexibility index (Phi) is 13.0. The van der Waals surface area contributed by atoms with Gasteiger partial charge in [0, 0.05) is 12.6 Å². The van der Waals surface area contributed by atoms with Crippen LogP contribution in [0, 0.1) is 5.92 Å². The standard InChI is InChI=1S/C15H25N3O2.2ClH/c1-11(2)8-12(9-16)18-15(19)10-17-13-6-4-5-7-14(13)20-3;;/h4-7,11-12,17H,8-10,16H2,1-3H3,(H,18,19);2*1H. The zero-order valence-corrected chi connectivity index (χ0v) is 14.9. The first-order valence-electron chi connectivity index (χ1n) is 6.93. The van der Waals surface area contributed by atoms with E-state index in [2.05, 4.69) is 24.5 Å². The van der Waals surface area contributed by atoms with Gasteiger partial charge in [-0.2, -0.15) is 0 Å². The molecule has 7 heteroatoms. The molecule has 1 amide bonds. The largest absolute Gasteiger partial charge is 0.495 e.